The van der Waals surface area contributed by atoms with Gasteiger partial charge in [-0.15, -0.1) is 0 Å². The average Bonchev–Trinajstić information content (AvgIpc) is 3.24. The first-order valence-corrected chi connectivity index (χ1v) is 10.2. The van der Waals surface area contributed by atoms with Crippen LogP contribution in [0.15, 0.2) is 59.6 Å². The number of nitrogens with one attached hydrogen (secondary N) is 2. The zero-order chi connectivity index (χ0) is 20.5. The van der Waals surface area contributed by atoms with E-state index in [1.165, 1.54) is 5.56 Å². The van der Waals surface area contributed by atoms with Crippen molar-refractivity contribution in [3.8, 4) is 5.75 Å². The summed E-state index contributed by atoms with van der Waals surface area (Å²) in [4.78, 5) is 18.0. The number of ether oxygens (including phenoxy) is 1. The quantitative estimate of drug-likeness (QED) is 0.560. The summed E-state index contributed by atoms with van der Waals surface area (Å²) in [6, 6.07) is 18.4. The zero-order valence-corrected chi connectivity index (χ0v) is 17.2. The van der Waals surface area contributed by atoms with Gasteiger partial charge in [-0.3, -0.25) is 9.79 Å². The molecule has 0 bridgehead atoms. The summed E-state index contributed by atoms with van der Waals surface area (Å²) < 4.78 is 5.78. The Kier molecular flexibility index (Phi) is 7.50. The van der Waals surface area contributed by atoms with E-state index in [-0.39, 0.29) is 11.9 Å². The number of carbonyl (C=O) groups excluding carboxylic acids is 1. The largest absolute Gasteiger partial charge is 0.489 e. The van der Waals surface area contributed by atoms with Gasteiger partial charge in [0.2, 0.25) is 5.91 Å². The lowest BCUT2D eigenvalue weighted by Crippen LogP contribution is -2.44. The normalized spacial score (nSPS) is 16.6. The molecule has 2 N–H and O–H groups in total. The average molecular weight is 395 g/mol. The highest BCUT2D eigenvalue weighted by atomic mass is 16.5. The molecule has 1 aliphatic rings. The summed E-state index contributed by atoms with van der Waals surface area (Å²) in [7, 11) is 1.77. The molecule has 2 aromatic rings. The summed E-state index contributed by atoms with van der Waals surface area (Å²) in [6.45, 7) is 4.69. The van der Waals surface area contributed by atoms with Crippen molar-refractivity contribution >= 4 is 11.9 Å². The number of benzene rings is 2. The number of rotatable bonds is 7. The highest BCUT2D eigenvalue weighted by Crippen LogP contribution is 2.13. The molecule has 0 aromatic heterocycles. The Morgan fingerprint density at radius 1 is 1.14 bits per heavy atom. The predicted molar refractivity (Wildman–Crippen MR) is 116 cm³/mol. The first-order valence-electron chi connectivity index (χ1n) is 10.2. The molecule has 154 valence electrons. The van der Waals surface area contributed by atoms with Gasteiger partial charge in [-0.05, 0) is 29.7 Å². The van der Waals surface area contributed by atoms with E-state index in [2.05, 4.69) is 39.9 Å². The third-order valence-corrected chi connectivity index (χ3v) is 5.04. The molecule has 1 fully saturated rings. The number of hydrogen-bond donors (Lipinski definition) is 2. The van der Waals surface area contributed by atoms with Crippen molar-refractivity contribution in [2.24, 2.45) is 4.99 Å². The van der Waals surface area contributed by atoms with Crippen LogP contribution in [-0.2, 0) is 17.9 Å². The maximum Gasteiger partial charge on any atom is 0.222 e. The third kappa shape index (κ3) is 6.24. The van der Waals surface area contributed by atoms with Gasteiger partial charge in [-0.25, -0.2) is 0 Å². The Balaban J connectivity index is 1.43. The van der Waals surface area contributed by atoms with Crippen molar-refractivity contribution < 1.29 is 9.53 Å². The van der Waals surface area contributed by atoms with Gasteiger partial charge in [0.15, 0.2) is 5.96 Å². The summed E-state index contributed by atoms with van der Waals surface area (Å²) in [5, 5.41) is 6.77. The summed E-state index contributed by atoms with van der Waals surface area (Å²) in [5.74, 6) is 1.85. The monoisotopic (exact) mass is 394 g/mol. The maximum absolute atomic E-state index is 11.8. The van der Waals surface area contributed by atoms with Gasteiger partial charge in [-0.2, -0.15) is 0 Å². The number of carbonyl (C=O) groups is 1. The topological polar surface area (TPSA) is 66.0 Å². The van der Waals surface area contributed by atoms with E-state index in [0.717, 1.165) is 36.8 Å². The van der Waals surface area contributed by atoms with Crippen molar-refractivity contribution in [1.29, 1.82) is 0 Å². The second kappa shape index (κ2) is 10.5. The number of likely N-dealkylation sites (tertiary alicyclic amines) is 1. The summed E-state index contributed by atoms with van der Waals surface area (Å²) in [5.41, 5.74) is 2.30. The molecule has 1 heterocycles. The van der Waals surface area contributed by atoms with Crippen LogP contribution in [-0.4, -0.2) is 42.9 Å². The molecule has 29 heavy (non-hydrogen) atoms. The Morgan fingerprint density at radius 2 is 1.86 bits per heavy atom. The molecule has 0 radical (unpaired) electrons. The smallest absolute Gasteiger partial charge is 0.222 e. The van der Waals surface area contributed by atoms with E-state index >= 15 is 0 Å². The number of aliphatic imine (C=N–C) groups is 1. The lowest BCUT2D eigenvalue weighted by atomic mass is 10.1. The number of guanidine groups is 1. The molecule has 3 rings (SSSR count). The molecule has 1 aliphatic heterocycles. The number of amides is 1. The fourth-order valence-electron chi connectivity index (χ4n) is 3.34. The van der Waals surface area contributed by atoms with Crippen LogP contribution in [0, 0.1) is 0 Å². The van der Waals surface area contributed by atoms with Crippen LogP contribution in [0.2, 0.25) is 0 Å². The van der Waals surface area contributed by atoms with Gasteiger partial charge in [0, 0.05) is 39.1 Å². The van der Waals surface area contributed by atoms with E-state index in [0.29, 0.717) is 19.6 Å². The maximum atomic E-state index is 11.8. The number of nitrogens with zero attached hydrogens (tertiary/aromatic N) is 2. The molecule has 1 amide bonds. The van der Waals surface area contributed by atoms with E-state index in [9.17, 15) is 4.79 Å². The molecule has 0 spiro atoms. The number of hydrogen-bond acceptors (Lipinski definition) is 3. The first-order chi connectivity index (χ1) is 14.2. The Labute approximate surface area is 173 Å². The molecule has 1 unspecified atom stereocenters. The van der Waals surface area contributed by atoms with Crippen molar-refractivity contribution in [1.82, 2.24) is 15.5 Å². The van der Waals surface area contributed by atoms with E-state index in [1.807, 2.05) is 42.2 Å². The minimum absolute atomic E-state index is 0.216. The summed E-state index contributed by atoms with van der Waals surface area (Å²) in [6.07, 6.45) is 1.51. The van der Waals surface area contributed by atoms with E-state index < -0.39 is 0 Å². The molecule has 0 aliphatic carbocycles. The zero-order valence-electron chi connectivity index (χ0n) is 17.2. The van der Waals surface area contributed by atoms with E-state index in [4.69, 9.17) is 4.74 Å². The van der Waals surface area contributed by atoms with Crippen molar-refractivity contribution in [3.63, 3.8) is 0 Å². The standard InChI is InChI=1S/C23H30N4O2/c1-3-22(28)27-14-13-20(16-27)26-23(24-2)25-15-18-9-11-19(12-10-18)17-29-21-7-5-4-6-8-21/h4-12,20H,3,13-17H2,1-2H3,(H2,24,25,26). The van der Waals surface area contributed by atoms with Gasteiger partial charge in [-0.1, -0.05) is 49.4 Å². The lowest BCUT2D eigenvalue weighted by Gasteiger charge is -2.18. The van der Waals surface area contributed by atoms with Gasteiger partial charge >= 0.3 is 0 Å². The molecule has 6 heteroatoms. The second-order valence-corrected chi connectivity index (χ2v) is 7.17. The Morgan fingerprint density at radius 3 is 2.55 bits per heavy atom. The minimum Gasteiger partial charge on any atom is -0.489 e. The predicted octanol–water partition coefficient (Wildman–Crippen LogP) is 2.94. The molecule has 1 atom stereocenters. The molecule has 6 nitrogen and oxygen atoms in total. The van der Waals surface area contributed by atoms with Crippen LogP contribution < -0.4 is 15.4 Å². The highest BCUT2D eigenvalue weighted by molar-refractivity contribution is 5.80. The fourth-order valence-corrected chi connectivity index (χ4v) is 3.34. The Bertz CT molecular complexity index is 805. The first kappa shape index (κ1) is 20.7. The molecule has 1 saturated heterocycles. The molecule has 2 aromatic carbocycles. The molecular formula is C23H30N4O2. The third-order valence-electron chi connectivity index (χ3n) is 5.04. The van der Waals surface area contributed by atoms with Crippen LogP contribution in [0.25, 0.3) is 0 Å². The van der Waals surface area contributed by atoms with Crippen molar-refractivity contribution in [2.75, 3.05) is 20.1 Å². The van der Waals surface area contributed by atoms with Gasteiger partial charge in [0.25, 0.3) is 0 Å². The SMILES string of the molecule is CCC(=O)N1CCC(NC(=NC)NCc2ccc(COc3ccccc3)cc2)C1. The van der Waals surface area contributed by atoms with Crippen molar-refractivity contribution in [2.45, 2.75) is 39.0 Å². The van der Waals surface area contributed by atoms with Gasteiger partial charge in [0.1, 0.15) is 12.4 Å². The van der Waals surface area contributed by atoms with E-state index in [1.54, 1.807) is 7.05 Å². The van der Waals surface area contributed by atoms with Crippen LogP contribution in [0.5, 0.6) is 5.75 Å². The molecule has 0 saturated carbocycles. The van der Waals surface area contributed by atoms with Gasteiger partial charge in [0.05, 0.1) is 0 Å². The summed E-state index contributed by atoms with van der Waals surface area (Å²) >= 11 is 0. The van der Waals surface area contributed by atoms with Crippen LogP contribution in [0.4, 0.5) is 0 Å². The highest BCUT2D eigenvalue weighted by Gasteiger charge is 2.25. The molecular weight excluding hydrogens is 364 g/mol. The Hall–Kier alpha value is -3.02. The van der Waals surface area contributed by atoms with Crippen LogP contribution in [0.3, 0.4) is 0 Å². The van der Waals surface area contributed by atoms with Gasteiger partial charge < -0.3 is 20.3 Å². The number of para-hydroxylation sites is 1. The van der Waals surface area contributed by atoms with Crippen LogP contribution >= 0.6 is 0 Å². The minimum atomic E-state index is 0.216. The second-order valence-electron chi connectivity index (χ2n) is 7.17. The fraction of sp³-hybridized carbons (Fsp3) is 0.391. The lowest BCUT2D eigenvalue weighted by molar-refractivity contribution is -0.129. The van der Waals surface area contributed by atoms with Crippen LogP contribution in [0.1, 0.15) is 30.9 Å². The van der Waals surface area contributed by atoms with Crippen molar-refractivity contribution in [3.05, 3.63) is 65.7 Å².